The number of fused-ring (bicyclic) bond motifs is 1. The van der Waals surface area contributed by atoms with Crippen LogP contribution in [-0.4, -0.2) is 40.7 Å². The molecule has 1 aromatic carbocycles. The van der Waals surface area contributed by atoms with Crippen molar-refractivity contribution in [2.24, 2.45) is 0 Å². The Hall–Kier alpha value is -2.04. The molecule has 1 unspecified atom stereocenters. The molecule has 0 bridgehead atoms. The fourth-order valence-electron chi connectivity index (χ4n) is 3.08. The van der Waals surface area contributed by atoms with Gasteiger partial charge in [-0.2, -0.15) is 0 Å². The van der Waals surface area contributed by atoms with E-state index in [9.17, 15) is 9.59 Å². The summed E-state index contributed by atoms with van der Waals surface area (Å²) in [6.45, 7) is 3.32. The molecule has 3 rings (SSSR count). The zero-order valence-corrected chi connectivity index (χ0v) is 11.6. The van der Waals surface area contributed by atoms with Crippen molar-refractivity contribution in [1.82, 2.24) is 9.80 Å². The number of hydrogen-bond acceptors (Lipinski definition) is 3. The van der Waals surface area contributed by atoms with E-state index in [0.29, 0.717) is 6.54 Å². The summed E-state index contributed by atoms with van der Waals surface area (Å²) in [6, 6.07) is 5.46. The number of carbonyl (C=O) groups excluding carboxylic acids is 2. The molecule has 20 heavy (non-hydrogen) atoms. The lowest BCUT2D eigenvalue weighted by atomic mass is 10.0. The van der Waals surface area contributed by atoms with Crippen LogP contribution in [0.15, 0.2) is 18.2 Å². The molecule has 0 spiro atoms. The smallest absolute Gasteiger partial charge is 0.246 e. The molecule has 2 heterocycles. The van der Waals surface area contributed by atoms with Crippen LogP contribution in [0.4, 0.5) is 5.69 Å². The van der Waals surface area contributed by atoms with Crippen LogP contribution in [0.3, 0.4) is 0 Å². The molecule has 2 aliphatic heterocycles. The van der Waals surface area contributed by atoms with Crippen LogP contribution in [0.2, 0.25) is 0 Å². The Labute approximate surface area is 118 Å². The van der Waals surface area contributed by atoms with Crippen molar-refractivity contribution in [3.05, 3.63) is 29.3 Å². The third kappa shape index (κ3) is 2.03. The first-order valence-corrected chi connectivity index (χ1v) is 7.00. The van der Waals surface area contributed by atoms with E-state index in [2.05, 4.69) is 0 Å². The number of carbonyl (C=O) groups is 2. The molecule has 5 heteroatoms. The maximum Gasteiger partial charge on any atom is 0.246 e. The van der Waals surface area contributed by atoms with Crippen molar-refractivity contribution < 1.29 is 9.59 Å². The Kier molecular flexibility index (Phi) is 3.12. The Morgan fingerprint density at radius 1 is 1.35 bits per heavy atom. The molecule has 2 amide bonds. The van der Waals surface area contributed by atoms with E-state index in [1.54, 1.807) is 9.80 Å². The molecule has 106 valence electrons. The number of benzene rings is 1. The second-order valence-electron chi connectivity index (χ2n) is 5.57. The van der Waals surface area contributed by atoms with Gasteiger partial charge in [0.15, 0.2) is 0 Å². The molecule has 2 saturated heterocycles. The lowest BCUT2D eigenvalue weighted by Gasteiger charge is -2.36. The van der Waals surface area contributed by atoms with Crippen LogP contribution in [0.5, 0.6) is 0 Å². The van der Waals surface area contributed by atoms with E-state index in [1.165, 1.54) is 0 Å². The molecule has 2 fully saturated rings. The average Bonchev–Trinajstić information content (AvgIpc) is 2.91. The highest BCUT2D eigenvalue weighted by atomic mass is 16.2. The minimum Gasteiger partial charge on any atom is -0.399 e. The zero-order valence-electron chi connectivity index (χ0n) is 11.6. The number of nitrogens with zero attached hydrogens (tertiary/aromatic N) is 2. The second-order valence-corrected chi connectivity index (χ2v) is 5.57. The number of nitrogen functional groups attached to an aromatic ring is 1. The first-order valence-electron chi connectivity index (χ1n) is 7.00. The molecule has 0 saturated carbocycles. The highest BCUT2D eigenvalue weighted by Crippen LogP contribution is 2.25. The summed E-state index contributed by atoms with van der Waals surface area (Å²) in [5.41, 5.74) is 8.62. The van der Waals surface area contributed by atoms with E-state index in [0.717, 1.165) is 36.2 Å². The van der Waals surface area contributed by atoms with Gasteiger partial charge in [0.25, 0.3) is 0 Å². The summed E-state index contributed by atoms with van der Waals surface area (Å²) in [7, 11) is 0. The van der Waals surface area contributed by atoms with Crippen LogP contribution in [0.1, 0.15) is 24.0 Å². The highest BCUT2D eigenvalue weighted by molar-refractivity contribution is 5.95. The Balaban J connectivity index is 1.82. The van der Waals surface area contributed by atoms with Gasteiger partial charge in [0.2, 0.25) is 11.8 Å². The minimum absolute atomic E-state index is 0.0636. The van der Waals surface area contributed by atoms with E-state index in [4.69, 9.17) is 5.73 Å². The summed E-state index contributed by atoms with van der Waals surface area (Å²) in [5.74, 6) is 0.137. The van der Waals surface area contributed by atoms with Crippen molar-refractivity contribution in [3.8, 4) is 0 Å². The normalized spacial score (nSPS) is 22.4. The topological polar surface area (TPSA) is 66.6 Å². The molecule has 5 nitrogen and oxygen atoms in total. The van der Waals surface area contributed by atoms with Gasteiger partial charge in [0.1, 0.15) is 12.6 Å². The molecular weight excluding hydrogens is 254 g/mol. The number of hydrogen-bond donors (Lipinski definition) is 1. The molecule has 0 radical (unpaired) electrons. The van der Waals surface area contributed by atoms with Gasteiger partial charge in [0, 0.05) is 18.8 Å². The van der Waals surface area contributed by atoms with Crippen LogP contribution in [0, 0.1) is 6.92 Å². The summed E-state index contributed by atoms with van der Waals surface area (Å²) >= 11 is 0. The van der Waals surface area contributed by atoms with Crippen LogP contribution in [0.25, 0.3) is 0 Å². The largest absolute Gasteiger partial charge is 0.399 e. The second kappa shape index (κ2) is 4.81. The number of amides is 2. The maximum atomic E-state index is 12.5. The SMILES string of the molecule is Cc1c(N)cccc1CN1CC(=O)N2CCCC2C1=O. The molecule has 1 atom stereocenters. The minimum atomic E-state index is -0.238. The van der Waals surface area contributed by atoms with Gasteiger partial charge in [-0.25, -0.2) is 0 Å². The predicted molar refractivity (Wildman–Crippen MR) is 75.7 cm³/mol. The van der Waals surface area contributed by atoms with E-state index < -0.39 is 0 Å². The first kappa shape index (κ1) is 13.0. The summed E-state index contributed by atoms with van der Waals surface area (Å²) in [4.78, 5) is 27.9. The molecule has 1 aromatic rings. The maximum absolute atomic E-state index is 12.5. The van der Waals surface area contributed by atoms with Crippen molar-refractivity contribution in [2.45, 2.75) is 32.4 Å². The Bertz CT molecular complexity index is 570. The van der Waals surface area contributed by atoms with Crippen molar-refractivity contribution in [3.63, 3.8) is 0 Å². The summed E-state index contributed by atoms with van der Waals surface area (Å²) in [6.07, 6.45) is 1.71. The summed E-state index contributed by atoms with van der Waals surface area (Å²) < 4.78 is 0. The molecule has 0 aromatic heterocycles. The van der Waals surface area contributed by atoms with Gasteiger partial charge in [-0.1, -0.05) is 12.1 Å². The van der Waals surface area contributed by atoms with E-state index in [-0.39, 0.29) is 24.4 Å². The zero-order chi connectivity index (χ0) is 14.3. The van der Waals surface area contributed by atoms with Gasteiger partial charge < -0.3 is 15.5 Å². The van der Waals surface area contributed by atoms with Crippen molar-refractivity contribution in [1.29, 1.82) is 0 Å². The van der Waals surface area contributed by atoms with Crippen LogP contribution in [-0.2, 0) is 16.1 Å². The fourth-order valence-corrected chi connectivity index (χ4v) is 3.08. The highest BCUT2D eigenvalue weighted by Gasteiger charge is 2.41. The lowest BCUT2D eigenvalue weighted by molar-refractivity contribution is -0.154. The first-order chi connectivity index (χ1) is 9.58. The monoisotopic (exact) mass is 273 g/mol. The van der Waals surface area contributed by atoms with Crippen LogP contribution >= 0.6 is 0 Å². The molecule has 0 aliphatic carbocycles. The van der Waals surface area contributed by atoms with E-state index >= 15 is 0 Å². The third-order valence-electron chi connectivity index (χ3n) is 4.35. The van der Waals surface area contributed by atoms with Crippen LogP contribution < -0.4 is 5.73 Å². The third-order valence-corrected chi connectivity index (χ3v) is 4.35. The molecule has 2 N–H and O–H groups in total. The standard InChI is InChI=1S/C15H19N3O2/c1-10-11(4-2-5-12(10)16)8-17-9-14(19)18-7-3-6-13(18)15(17)20/h2,4-5,13H,3,6-9,16H2,1H3. The van der Waals surface area contributed by atoms with Crippen molar-refractivity contribution >= 4 is 17.5 Å². The number of rotatable bonds is 2. The molecular formula is C15H19N3O2. The predicted octanol–water partition coefficient (Wildman–Crippen LogP) is 0.910. The van der Waals surface area contributed by atoms with Gasteiger partial charge in [-0.3, -0.25) is 9.59 Å². The van der Waals surface area contributed by atoms with Crippen molar-refractivity contribution in [2.75, 3.05) is 18.8 Å². The fraction of sp³-hybridized carbons (Fsp3) is 0.467. The number of piperazine rings is 1. The molecule has 2 aliphatic rings. The van der Waals surface area contributed by atoms with Gasteiger partial charge >= 0.3 is 0 Å². The Morgan fingerprint density at radius 3 is 2.95 bits per heavy atom. The average molecular weight is 273 g/mol. The summed E-state index contributed by atoms with van der Waals surface area (Å²) in [5, 5.41) is 0. The van der Waals surface area contributed by atoms with E-state index in [1.807, 2.05) is 25.1 Å². The van der Waals surface area contributed by atoms with Gasteiger partial charge in [0.05, 0.1) is 0 Å². The quantitative estimate of drug-likeness (QED) is 0.814. The lowest BCUT2D eigenvalue weighted by Crippen LogP contribution is -2.56. The Morgan fingerprint density at radius 2 is 2.15 bits per heavy atom. The number of nitrogens with two attached hydrogens (primary N) is 1. The van der Waals surface area contributed by atoms with Gasteiger partial charge in [-0.15, -0.1) is 0 Å². The van der Waals surface area contributed by atoms with Gasteiger partial charge in [-0.05, 0) is 37.0 Å². The number of anilines is 1.